The Morgan fingerprint density at radius 1 is 1.00 bits per heavy atom. The van der Waals surface area contributed by atoms with Crippen LogP contribution in [0.2, 0.25) is 10.0 Å². The Balaban J connectivity index is 1.61. The van der Waals surface area contributed by atoms with Crippen LogP contribution in [0, 0.1) is 0 Å². The van der Waals surface area contributed by atoms with Crippen molar-refractivity contribution in [3.63, 3.8) is 0 Å². The minimum atomic E-state index is -4.53. The zero-order valence-corrected chi connectivity index (χ0v) is 23.5. The van der Waals surface area contributed by atoms with E-state index in [1.54, 1.807) is 49.5 Å². The summed E-state index contributed by atoms with van der Waals surface area (Å²) in [4.78, 5) is 28.0. The Bertz CT molecular complexity index is 1450. The molecule has 1 unspecified atom stereocenters. The molecular formula is C29H27Cl2F3N2O4. The Morgan fingerprint density at radius 3 is 2.42 bits per heavy atom. The standard InChI is InChI=1S/C29H27Cl2F3N2O4/c1-28(11-10-17-12-18(5-8-23(17)31)26(37)35-16-29(32,33)34)22-13-20(30)6-9-24(22)36(27(28)38)15-19-4-7-21(39-2)14-25(19)40-3/h4-9,12-14H,10-11,15-16H2,1-3H3,(H,35,37). The number of amides is 2. The zero-order valence-electron chi connectivity index (χ0n) is 22.0. The number of carbonyl (C=O) groups is 2. The molecule has 1 N–H and O–H groups in total. The summed E-state index contributed by atoms with van der Waals surface area (Å²) in [5.41, 5.74) is 1.83. The number of ether oxygens (including phenoxy) is 2. The molecule has 0 spiro atoms. The van der Waals surface area contributed by atoms with Gasteiger partial charge in [0.1, 0.15) is 18.0 Å². The summed E-state index contributed by atoms with van der Waals surface area (Å²) in [7, 11) is 3.10. The second-order valence-electron chi connectivity index (χ2n) is 9.67. The number of alkyl halides is 3. The number of nitrogens with one attached hydrogen (secondary N) is 1. The van der Waals surface area contributed by atoms with Crippen molar-refractivity contribution in [1.29, 1.82) is 0 Å². The van der Waals surface area contributed by atoms with Crippen LogP contribution in [-0.4, -0.2) is 38.8 Å². The van der Waals surface area contributed by atoms with Gasteiger partial charge in [-0.15, -0.1) is 0 Å². The first-order valence-electron chi connectivity index (χ1n) is 12.3. The minimum Gasteiger partial charge on any atom is -0.497 e. The van der Waals surface area contributed by atoms with E-state index in [0.29, 0.717) is 39.2 Å². The molecule has 0 fully saturated rings. The van der Waals surface area contributed by atoms with Crippen molar-refractivity contribution in [3.8, 4) is 11.5 Å². The first-order chi connectivity index (χ1) is 18.9. The second-order valence-corrected chi connectivity index (χ2v) is 10.5. The number of aryl methyl sites for hydroxylation is 1. The van der Waals surface area contributed by atoms with Crippen LogP contribution in [0.1, 0.15) is 40.4 Å². The first kappa shape index (κ1) is 29.6. The van der Waals surface area contributed by atoms with Gasteiger partial charge in [-0.1, -0.05) is 23.2 Å². The summed E-state index contributed by atoms with van der Waals surface area (Å²) in [6.07, 6.45) is -3.94. The topological polar surface area (TPSA) is 67.9 Å². The molecule has 11 heteroatoms. The third-order valence-corrected chi connectivity index (χ3v) is 7.64. The molecule has 1 aliphatic rings. The highest BCUT2D eigenvalue weighted by atomic mass is 35.5. The van der Waals surface area contributed by atoms with Crippen molar-refractivity contribution in [2.75, 3.05) is 25.7 Å². The Morgan fingerprint density at radius 2 is 1.75 bits per heavy atom. The second kappa shape index (κ2) is 11.6. The maximum absolute atomic E-state index is 14.0. The molecule has 3 aromatic carbocycles. The number of hydrogen-bond donors (Lipinski definition) is 1. The Labute approximate surface area is 240 Å². The summed E-state index contributed by atoms with van der Waals surface area (Å²) < 4.78 is 48.5. The van der Waals surface area contributed by atoms with E-state index in [-0.39, 0.29) is 24.4 Å². The lowest BCUT2D eigenvalue weighted by molar-refractivity contribution is -0.123. The van der Waals surface area contributed by atoms with Crippen molar-refractivity contribution in [3.05, 3.63) is 86.9 Å². The first-order valence-corrected chi connectivity index (χ1v) is 13.1. The fourth-order valence-corrected chi connectivity index (χ4v) is 5.22. The average molecular weight is 595 g/mol. The monoisotopic (exact) mass is 594 g/mol. The van der Waals surface area contributed by atoms with Crippen LogP contribution in [-0.2, 0) is 23.2 Å². The maximum Gasteiger partial charge on any atom is 0.405 e. The lowest BCUT2D eigenvalue weighted by Gasteiger charge is -2.25. The van der Waals surface area contributed by atoms with Gasteiger partial charge in [0.05, 0.1) is 26.2 Å². The number of fused-ring (bicyclic) bond motifs is 1. The van der Waals surface area contributed by atoms with E-state index in [4.69, 9.17) is 32.7 Å². The van der Waals surface area contributed by atoms with E-state index in [9.17, 15) is 22.8 Å². The van der Waals surface area contributed by atoms with Gasteiger partial charge in [-0.05, 0) is 79.4 Å². The minimum absolute atomic E-state index is 0.0447. The molecule has 212 valence electrons. The van der Waals surface area contributed by atoms with Crippen molar-refractivity contribution < 1.29 is 32.2 Å². The molecule has 1 aliphatic heterocycles. The molecule has 0 saturated heterocycles. The highest BCUT2D eigenvalue weighted by Crippen LogP contribution is 2.47. The summed E-state index contributed by atoms with van der Waals surface area (Å²) in [6, 6.07) is 14.9. The molecule has 3 aromatic rings. The number of hydrogen-bond acceptors (Lipinski definition) is 4. The highest BCUT2D eigenvalue weighted by molar-refractivity contribution is 6.31. The number of benzene rings is 3. The summed E-state index contributed by atoms with van der Waals surface area (Å²) in [5, 5.41) is 2.68. The number of methoxy groups -OCH3 is 2. The van der Waals surface area contributed by atoms with Gasteiger partial charge in [-0.25, -0.2) is 0 Å². The van der Waals surface area contributed by atoms with Gasteiger partial charge >= 0.3 is 6.18 Å². The van der Waals surface area contributed by atoms with Crippen LogP contribution in [0.4, 0.5) is 18.9 Å². The Hall–Kier alpha value is -3.43. The average Bonchev–Trinajstić information content (AvgIpc) is 3.12. The molecule has 4 rings (SSSR count). The van der Waals surface area contributed by atoms with Gasteiger partial charge < -0.3 is 19.7 Å². The third-order valence-electron chi connectivity index (χ3n) is 7.04. The van der Waals surface area contributed by atoms with E-state index < -0.39 is 24.0 Å². The van der Waals surface area contributed by atoms with Gasteiger partial charge in [-0.3, -0.25) is 9.59 Å². The van der Waals surface area contributed by atoms with Crippen LogP contribution in [0.5, 0.6) is 11.5 Å². The molecule has 40 heavy (non-hydrogen) atoms. The van der Waals surface area contributed by atoms with Gasteiger partial charge in [-0.2, -0.15) is 13.2 Å². The van der Waals surface area contributed by atoms with E-state index in [1.165, 1.54) is 18.2 Å². The fourth-order valence-electron chi connectivity index (χ4n) is 4.83. The molecule has 0 aromatic heterocycles. The zero-order chi connectivity index (χ0) is 29.2. The van der Waals surface area contributed by atoms with Gasteiger partial charge in [0.25, 0.3) is 5.91 Å². The normalized spacial score (nSPS) is 16.6. The van der Waals surface area contributed by atoms with E-state index in [2.05, 4.69) is 0 Å². The molecule has 2 amide bonds. The van der Waals surface area contributed by atoms with Gasteiger partial charge in [0.15, 0.2) is 0 Å². The number of rotatable bonds is 9. The van der Waals surface area contributed by atoms with Crippen LogP contribution < -0.4 is 19.7 Å². The quantitative estimate of drug-likeness (QED) is 0.298. The molecular weight excluding hydrogens is 568 g/mol. The van der Waals surface area contributed by atoms with E-state index in [0.717, 1.165) is 11.1 Å². The molecule has 0 bridgehead atoms. The summed E-state index contributed by atoms with van der Waals surface area (Å²) in [5.74, 6) is 0.174. The molecule has 0 saturated carbocycles. The largest absolute Gasteiger partial charge is 0.497 e. The van der Waals surface area contributed by atoms with Gasteiger partial charge in [0.2, 0.25) is 5.91 Å². The predicted octanol–water partition coefficient (Wildman–Crippen LogP) is 6.74. The Kier molecular flexibility index (Phi) is 8.56. The van der Waals surface area contributed by atoms with Crippen molar-refractivity contribution in [2.24, 2.45) is 0 Å². The SMILES string of the molecule is COc1ccc(CN2C(=O)C(C)(CCc3cc(C(=O)NCC(F)(F)F)ccc3Cl)c3cc(Cl)ccc32)c(OC)c1. The molecule has 0 radical (unpaired) electrons. The number of carbonyl (C=O) groups excluding carboxylic acids is 2. The van der Waals surface area contributed by atoms with Crippen molar-refractivity contribution in [2.45, 2.75) is 37.9 Å². The predicted molar refractivity (Wildman–Crippen MR) is 148 cm³/mol. The molecule has 0 aliphatic carbocycles. The van der Waals surface area contributed by atoms with Crippen LogP contribution >= 0.6 is 23.2 Å². The third kappa shape index (κ3) is 6.15. The maximum atomic E-state index is 14.0. The lowest BCUT2D eigenvalue weighted by Crippen LogP contribution is -2.38. The van der Waals surface area contributed by atoms with Crippen molar-refractivity contribution in [1.82, 2.24) is 5.32 Å². The van der Waals surface area contributed by atoms with Crippen LogP contribution in [0.3, 0.4) is 0 Å². The lowest BCUT2D eigenvalue weighted by atomic mass is 9.78. The summed E-state index contributed by atoms with van der Waals surface area (Å²) in [6.45, 7) is 0.623. The molecule has 1 heterocycles. The van der Waals surface area contributed by atoms with E-state index in [1.807, 2.05) is 18.3 Å². The smallest absolute Gasteiger partial charge is 0.405 e. The van der Waals surface area contributed by atoms with Crippen molar-refractivity contribution >= 4 is 40.7 Å². The molecule has 6 nitrogen and oxygen atoms in total. The number of nitrogens with zero attached hydrogens (tertiary/aromatic N) is 1. The molecule has 1 atom stereocenters. The van der Waals surface area contributed by atoms with E-state index >= 15 is 0 Å². The summed E-state index contributed by atoms with van der Waals surface area (Å²) >= 11 is 12.7. The number of halogens is 5. The highest BCUT2D eigenvalue weighted by Gasteiger charge is 2.47. The number of anilines is 1. The fraction of sp³-hybridized carbons (Fsp3) is 0.310. The van der Waals surface area contributed by atoms with Gasteiger partial charge in [0, 0.05) is 32.9 Å². The van der Waals surface area contributed by atoms with Crippen LogP contribution in [0.15, 0.2) is 54.6 Å². The van der Waals surface area contributed by atoms with Crippen LogP contribution in [0.25, 0.3) is 0 Å².